The molecule has 1 atom stereocenters. The average Bonchev–Trinajstić information content (AvgIpc) is 2.29. The molecule has 0 radical (unpaired) electrons. The van der Waals surface area contributed by atoms with Crippen LogP contribution < -0.4 is 10.1 Å². The number of halogens is 1. The molecule has 1 N–H and O–H groups in total. The number of hydrogen-bond acceptors (Lipinski definition) is 3. The van der Waals surface area contributed by atoms with Gasteiger partial charge >= 0.3 is 0 Å². The number of rotatable bonds is 7. The van der Waals surface area contributed by atoms with Gasteiger partial charge in [-0.25, -0.2) is 0 Å². The number of methoxy groups -OCH3 is 1. The molecule has 0 spiro atoms. The Bertz CT molecular complexity index is 331. The second-order valence-corrected chi connectivity index (χ2v) is 4.55. The zero-order valence-electron chi connectivity index (χ0n) is 11.6. The predicted molar refractivity (Wildman–Crippen MR) is 77.9 cm³/mol. The lowest BCUT2D eigenvalue weighted by Gasteiger charge is -2.18. The highest BCUT2D eigenvalue weighted by Crippen LogP contribution is 2.12. The van der Waals surface area contributed by atoms with Gasteiger partial charge in [0.2, 0.25) is 0 Å². The van der Waals surface area contributed by atoms with Gasteiger partial charge in [-0.1, -0.05) is 26.0 Å². The van der Waals surface area contributed by atoms with E-state index in [0.717, 1.165) is 12.3 Å². The number of benzene rings is 1. The maximum atomic E-state index is 5.71. The van der Waals surface area contributed by atoms with E-state index < -0.39 is 0 Å². The van der Waals surface area contributed by atoms with Crippen molar-refractivity contribution in [3.05, 3.63) is 29.8 Å². The lowest BCUT2D eigenvalue weighted by molar-refractivity contribution is 0.0567. The molecule has 0 aliphatic rings. The molecule has 1 aromatic rings. The lowest BCUT2D eigenvalue weighted by atomic mass is 10.2. The third kappa shape index (κ3) is 6.84. The zero-order chi connectivity index (χ0) is 12.7. The van der Waals surface area contributed by atoms with Crippen molar-refractivity contribution >= 4 is 12.4 Å². The van der Waals surface area contributed by atoms with Crippen LogP contribution in [0.2, 0.25) is 0 Å². The fraction of sp³-hybridized carbons (Fsp3) is 0.571. The van der Waals surface area contributed by atoms with Crippen LogP contribution in [0.3, 0.4) is 0 Å². The van der Waals surface area contributed by atoms with E-state index in [1.165, 1.54) is 5.56 Å². The molecule has 0 saturated carbocycles. The molecule has 0 fully saturated rings. The van der Waals surface area contributed by atoms with E-state index in [4.69, 9.17) is 9.47 Å². The van der Waals surface area contributed by atoms with Gasteiger partial charge in [0.25, 0.3) is 0 Å². The molecule has 0 aromatic heterocycles. The van der Waals surface area contributed by atoms with Gasteiger partial charge in [-0.05, 0) is 24.6 Å². The summed E-state index contributed by atoms with van der Waals surface area (Å²) in [6, 6.07) is 8.52. The number of aryl methyl sites for hydroxylation is 1. The molecule has 18 heavy (non-hydrogen) atoms. The fourth-order valence-electron chi connectivity index (χ4n) is 1.47. The lowest BCUT2D eigenvalue weighted by Crippen LogP contribution is -2.36. The van der Waals surface area contributed by atoms with Gasteiger partial charge in [0.05, 0.1) is 0 Å². The molecule has 4 heteroatoms. The van der Waals surface area contributed by atoms with Gasteiger partial charge in [0.15, 0.2) is 0 Å². The first-order valence-corrected chi connectivity index (χ1v) is 6.07. The normalized spacial score (nSPS) is 12.1. The summed E-state index contributed by atoms with van der Waals surface area (Å²) in [5, 5.41) is 3.34. The molecule has 104 valence electrons. The number of nitrogens with one attached hydrogen (secondary N) is 1. The molecule has 0 saturated heterocycles. The van der Waals surface area contributed by atoms with Crippen molar-refractivity contribution in [3.8, 4) is 5.75 Å². The second kappa shape index (κ2) is 9.20. The van der Waals surface area contributed by atoms with Crippen molar-refractivity contribution in [2.45, 2.75) is 32.9 Å². The van der Waals surface area contributed by atoms with E-state index in [1.54, 1.807) is 7.11 Å². The van der Waals surface area contributed by atoms with Gasteiger partial charge in [-0.15, -0.1) is 12.4 Å². The van der Waals surface area contributed by atoms with Crippen LogP contribution in [0.15, 0.2) is 24.3 Å². The maximum Gasteiger partial charge on any atom is 0.119 e. The minimum Gasteiger partial charge on any atom is -0.491 e. The summed E-state index contributed by atoms with van der Waals surface area (Å²) >= 11 is 0. The molecule has 1 rings (SSSR count). The first kappa shape index (κ1) is 17.2. The summed E-state index contributed by atoms with van der Waals surface area (Å²) in [4.78, 5) is 0. The van der Waals surface area contributed by atoms with Crippen molar-refractivity contribution in [3.63, 3.8) is 0 Å². The predicted octanol–water partition coefficient (Wildman–Crippen LogP) is 2.81. The summed E-state index contributed by atoms with van der Waals surface area (Å²) in [5.41, 5.74) is 1.21. The van der Waals surface area contributed by atoms with Gasteiger partial charge in [0, 0.05) is 19.7 Å². The fourth-order valence-corrected chi connectivity index (χ4v) is 1.47. The van der Waals surface area contributed by atoms with E-state index in [0.29, 0.717) is 12.6 Å². The first-order chi connectivity index (χ1) is 8.11. The Morgan fingerprint density at radius 2 is 2.00 bits per heavy atom. The largest absolute Gasteiger partial charge is 0.491 e. The van der Waals surface area contributed by atoms with Crippen LogP contribution in [-0.4, -0.2) is 32.4 Å². The third-order valence-electron chi connectivity index (χ3n) is 2.51. The van der Waals surface area contributed by atoms with Gasteiger partial charge in [-0.3, -0.25) is 0 Å². The highest BCUT2D eigenvalue weighted by Gasteiger charge is 2.08. The van der Waals surface area contributed by atoms with Gasteiger partial charge < -0.3 is 14.8 Å². The number of ether oxygens (including phenoxy) is 2. The van der Waals surface area contributed by atoms with Gasteiger partial charge in [-0.2, -0.15) is 0 Å². The van der Waals surface area contributed by atoms with Crippen LogP contribution >= 0.6 is 12.4 Å². The Hall–Kier alpha value is -0.770. The maximum absolute atomic E-state index is 5.71. The van der Waals surface area contributed by atoms with Crippen molar-refractivity contribution in [1.82, 2.24) is 5.32 Å². The molecular formula is C14H24ClNO2. The van der Waals surface area contributed by atoms with Crippen molar-refractivity contribution in [1.29, 1.82) is 0 Å². The van der Waals surface area contributed by atoms with Crippen molar-refractivity contribution in [2.75, 3.05) is 20.3 Å². The average molecular weight is 274 g/mol. The van der Waals surface area contributed by atoms with Crippen LogP contribution in [0.1, 0.15) is 19.4 Å². The standard InChI is InChI=1S/C14H23NO2.ClH/c1-11(2)15-9-14(16-4)10-17-13-7-5-6-12(3)8-13;/h5-8,11,14-15H,9-10H2,1-4H3;1H. The van der Waals surface area contributed by atoms with E-state index in [1.807, 2.05) is 18.2 Å². The summed E-state index contributed by atoms with van der Waals surface area (Å²) in [6.45, 7) is 7.67. The molecule has 0 heterocycles. The molecule has 0 aliphatic heterocycles. The minimum atomic E-state index is 0. The Morgan fingerprint density at radius 1 is 1.28 bits per heavy atom. The van der Waals surface area contributed by atoms with Gasteiger partial charge in [0.1, 0.15) is 18.5 Å². The molecule has 0 bridgehead atoms. The Kier molecular flexibility index (Phi) is 8.81. The molecule has 3 nitrogen and oxygen atoms in total. The topological polar surface area (TPSA) is 30.5 Å². The zero-order valence-corrected chi connectivity index (χ0v) is 12.4. The van der Waals surface area contributed by atoms with Crippen LogP contribution in [0, 0.1) is 6.92 Å². The summed E-state index contributed by atoms with van der Waals surface area (Å²) in [5.74, 6) is 0.900. The smallest absolute Gasteiger partial charge is 0.119 e. The van der Waals surface area contributed by atoms with E-state index in [2.05, 4.69) is 32.2 Å². The highest BCUT2D eigenvalue weighted by atomic mass is 35.5. The van der Waals surface area contributed by atoms with E-state index in [-0.39, 0.29) is 18.5 Å². The van der Waals surface area contributed by atoms with Crippen LogP contribution in [-0.2, 0) is 4.74 Å². The molecule has 1 unspecified atom stereocenters. The molecular weight excluding hydrogens is 250 g/mol. The van der Waals surface area contributed by atoms with E-state index >= 15 is 0 Å². The van der Waals surface area contributed by atoms with Crippen LogP contribution in [0.25, 0.3) is 0 Å². The number of hydrogen-bond donors (Lipinski definition) is 1. The summed E-state index contributed by atoms with van der Waals surface area (Å²) in [7, 11) is 1.71. The molecule has 0 amide bonds. The first-order valence-electron chi connectivity index (χ1n) is 6.07. The van der Waals surface area contributed by atoms with Crippen LogP contribution in [0.5, 0.6) is 5.75 Å². The molecule has 0 aliphatic carbocycles. The second-order valence-electron chi connectivity index (χ2n) is 4.55. The summed E-state index contributed by atoms with van der Waals surface area (Å²) < 4.78 is 11.1. The highest BCUT2D eigenvalue weighted by molar-refractivity contribution is 5.85. The van der Waals surface area contributed by atoms with Crippen molar-refractivity contribution in [2.24, 2.45) is 0 Å². The van der Waals surface area contributed by atoms with Crippen molar-refractivity contribution < 1.29 is 9.47 Å². The monoisotopic (exact) mass is 273 g/mol. The Balaban J connectivity index is 0.00000289. The Morgan fingerprint density at radius 3 is 2.56 bits per heavy atom. The minimum absolute atomic E-state index is 0. The summed E-state index contributed by atoms with van der Waals surface area (Å²) in [6.07, 6.45) is 0.0814. The molecule has 1 aromatic carbocycles. The van der Waals surface area contributed by atoms with Crippen LogP contribution in [0.4, 0.5) is 0 Å². The van der Waals surface area contributed by atoms with E-state index in [9.17, 15) is 0 Å². The quantitative estimate of drug-likeness (QED) is 0.829. The third-order valence-corrected chi connectivity index (χ3v) is 2.51. The Labute approximate surface area is 116 Å². The SMILES string of the molecule is COC(CNC(C)C)COc1cccc(C)c1.Cl.